The summed E-state index contributed by atoms with van der Waals surface area (Å²) in [7, 11) is 0. The molecule has 0 saturated heterocycles. The van der Waals surface area contributed by atoms with Gasteiger partial charge in [-0.15, -0.1) is 0 Å². The standard InChI is InChI=1S/C17H20N2O3/c1-13-12-15(19-22-13)10-11-18-17(21)9-5-8-16(20)14-6-3-2-4-7-14/h2-4,6-7,12H,5,8-11H2,1H3,(H,18,21). The van der Waals surface area contributed by atoms with Crippen LogP contribution in [0.25, 0.3) is 0 Å². The first-order chi connectivity index (χ1) is 10.6. The lowest BCUT2D eigenvalue weighted by atomic mass is 10.1. The third-order valence-electron chi connectivity index (χ3n) is 3.28. The van der Waals surface area contributed by atoms with E-state index in [1.165, 1.54) is 0 Å². The van der Waals surface area contributed by atoms with Crippen LogP contribution >= 0.6 is 0 Å². The van der Waals surface area contributed by atoms with Gasteiger partial charge in [0.2, 0.25) is 5.91 Å². The number of rotatable bonds is 8. The van der Waals surface area contributed by atoms with E-state index in [2.05, 4.69) is 10.5 Å². The van der Waals surface area contributed by atoms with Gasteiger partial charge in [-0.3, -0.25) is 9.59 Å². The summed E-state index contributed by atoms with van der Waals surface area (Å²) in [5.74, 6) is 0.799. The number of Topliss-reactive ketones (excluding diaryl/α,β-unsaturated/α-hetero) is 1. The fourth-order valence-electron chi connectivity index (χ4n) is 2.13. The van der Waals surface area contributed by atoms with Gasteiger partial charge in [-0.2, -0.15) is 0 Å². The van der Waals surface area contributed by atoms with Crippen molar-refractivity contribution in [1.29, 1.82) is 0 Å². The predicted octanol–water partition coefficient (Wildman–Crippen LogP) is 2.69. The topological polar surface area (TPSA) is 72.2 Å². The van der Waals surface area contributed by atoms with E-state index in [0.29, 0.717) is 37.8 Å². The Balaban J connectivity index is 1.60. The number of nitrogens with one attached hydrogen (secondary N) is 1. The maximum atomic E-state index is 11.9. The van der Waals surface area contributed by atoms with Gasteiger partial charge in [-0.05, 0) is 13.3 Å². The van der Waals surface area contributed by atoms with Gasteiger partial charge in [0.1, 0.15) is 5.76 Å². The lowest BCUT2D eigenvalue weighted by molar-refractivity contribution is -0.121. The molecule has 0 fully saturated rings. The first-order valence-electron chi connectivity index (χ1n) is 7.42. The van der Waals surface area contributed by atoms with Crippen molar-refractivity contribution in [1.82, 2.24) is 10.5 Å². The monoisotopic (exact) mass is 300 g/mol. The second kappa shape index (κ2) is 8.12. The van der Waals surface area contributed by atoms with Crippen molar-refractivity contribution in [2.24, 2.45) is 0 Å². The molecule has 2 aromatic rings. The van der Waals surface area contributed by atoms with Crippen LogP contribution in [0.5, 0.6) is 0 Å². The quantitative estimate of drug-likeness (QED) is 0.761. The van der Waals surface area contributed by atoms with Crippen LogP contribution in [0.15, 0.2) is 40.9 Å². The summed E-state index contributed by atoms with van der Waals surface area (Å²) >= 11 is 0. The minimum absolute atomic E-state index is 0.0407. The summed E-state index contributed by atoms with van der Waals surface area (Å²) in [6, 6.07) is 11.0. The smallest absolute Gasteiger partial charge is 0.220 e. The van der Waals surface area contributed by atoms with Crippen LogP contribution < -0.4 is 5.32 Å². The zero-order valence-electron chi connectivity index (χ0n) is 12.7. The molecule has 5 nitrogen and oxygen atoms in total. The molecule has 22 heavy (non-hydrogen) atoms. The molecule has 0 saturated carbocycles. The lowest BCUT2D eigenvalue weighted by Crippen LogP contribution is -2.25. The molecule has 1 N–H and O–H groups in total. The molecule has 0 bridgehead atoms. The molecular formula is C17H20N2O3. The van der Waals surface area contributed by atoms with Crippen LogP contribution in [0.4, 0.5) is 0 Å². The number of amides is 1. The number of aromatic nitrogens is 1. The van der Waals surface area contributed by atoms with Crippen LogP contribution in [0, 0.1) is 6.92 Å². The minimum Gasteiger partial charge on any atom is -0.361 e. The fraction of sp³-hybridized carbons (Fsp3) is 0.353. The highest BCUT2D eigenvalue weighted by atomic mass is 16.5. The maximum Gasteiger partial charge on any atom is 0.220 e. The second-order valence-corrected chi connectivity index (χ2v) is 5.17. The Labute approximate surface area is 129 Å². The summed E-state index contributed by atoms with van der Waals surface area (Å²) in [5, 5.41) is 6.68. The van der Waals surface area contributed by atoms with Gasteiger partial charge in [0.15, 0.2) is 5.78 Å². The van der Waals surface area contributed by atoms with Crippen molar-refractivity contribution in [2.75, 3.05) is 6.54 Å². The van der Waals surface area contributed by atoms with Gasteiger partial charge in [0, 0.05) is 37.4 Å². The molecule has 1 heterocycles. The summed E-state index contributed by atoms with van der Waals surface area (Å²) in [6.45, 7) is 2.36. The van der Waals surface area contributed by atoms with Gasteiger partial charge in [-0.1, -0.05) is 35.5 Å². The van der Waals surface area contributed by atoms with Crippen LogP contribution in [0.3, 0.4) is 0 Å². The molecule has 1 aromatic heterocycles. The van der Waals surface area contributed by atoms with Crippen LogP contribution in [-0.2, 0) is 11.2 Å². The van der Waals surface area contributed by atoms with E-state index >= 15 is 0 Å². The molecule has 0 radical (unpaired) electrons. The Morgan fingerprint density at radius 2 is 1.95 bits per heavy atom. The molecule has 5 heteroatoms. The van der Waals surface area contributed by atoms with Crippen LogP contribution in [-0.4, -0.2) is 23.4 Å². The van der Waals surface area contributed by atoms with Crippen molar-refractivity contribution < 1.29 is 14.1 Å². The normalized spacial score (nSPS) is 10.4. The molecule has 0 unspecified atom stereocenters. The number of hydrogen-bond acceptors (Lipinski definition) is 4. The number of ketones is 1. The SMILES string of the molecule is Cc1cc(CCNC(=O)CCCC(=O)c2ccccc2)no1. The Morgan fingerprint density at radius 3 is 2.64 bits per heavy atom. The van der Waals surface area contributed by atoms with Gasteiger partial charge in [0.05, 0.1) is 5.69 Å². The second-order valence-electron chi connectivity index (χ2n) is 5.17. The maximum absolute atomic E-state index is 11.9. The van der Waals surface area contributed by atoms with Crippen molar-refractivity contribution in [2.45, 2.75) is 32.6 Å². The van der Waals surface area contributed by atoms with Gasteiger partial charge in [-0.25, -0.2) is 0 Å². The highest BCUT2D eigenvalue weighted by Gasteiger charge is 2.07. The molecule has 0 aliphatic heterocycles. The van der Waals surface area contributed by atoms with E-state index in [4.69, 9.17) is 4.52 Å². The van der Waals surface area contributed by atoms with Crippen LogP contribution in [0.1, 0.15) is 41.1 Å². The van der Waals surface area contributed by atoms with Crippen molar-refractivity contribution in [3.05, 3.63) is 53.4 Å². The third kappa shape index (κ3) is 5.16. The fourth-order valence-corrected chi connectivity index (χ4v) is 2.13. The highest BCUT2D eigenvalue weighted by molar-refractivity contribution is 5.96. The van der Waals surface area contributed by atoms with Crippen LogP contribution in [0.2, 0.25) is 0 Å². The van der Waals surface area contributed by atoms with E-state index in [-0.39, 0.29) is 11.7 Å². The summed E-state index contributed by atoms with van der Waals surface area (Å²) < 4.78 is 4.96. The van der Waals surface area contributed by atoms with E-state index < -0.39 is 0 Å². The van der Waals surface area contributed by atoms with Crippen molar-refractivity contribution in [3.63, 3.8) is 0 Å². The van der Waals surface area contributed by atoms with E-state index in [9.17, 15) is 9.59 Å². The predicted molar refractivity (Wildman–Crippen MR) is 82.6 cm³/mol. The van der Waals surface area contributed by atoms with E-state index in [0.717, 1.165) is 11.5 Å². The number of carbonyl (C=O) groups is 2. The number of aryl methyl sites for hydroxylation is 1. The molecule has 0 atom stereocenters. The van der Waals surface area contributed by atoms with Gasteiger partial charge >= 0.3 is 0 Å². The molecule has 116 valence electrons. The zero-order valence-corrected chi connectivity index (χ0v) is 12.7. The Hall–Kier alpha value is -2.43. The Bertz CT molecular complexity index is 620. The third-order valence-corrected chi connectivity index (χ3v) is 3.28. The number of carbonyl (C=O) groups excluding carboxylic acids is 2. The Morgan fingerprint density at radius 1 is 1.18 bits per heavy atom. The molecular weight excluding hydrogens is 280 g/mol. The van der Waals surface area contributed by atoms with Crippen molar-refractivity contribution in [3.8, 4) is 0 Å². The molecule has 0 spiro atoms. The molecule has 0 aliphatic carbocycles. The summed E-state index contributed by atoms with van der Waals surface area (Å²) in [5.41, 5.74) is 1.53. The zero-order chi connectivity index (χ0) is 15.8. The van der Waals surface area contributed by atoms with E-state index in [1.54, 1.807) is 12.1 Å². The summed E-state index contributed by atoms with van der Waals surface area (Å²) in [4.78, 5) is 23.6. The number of hydrogen-bond donors (Lipinski definition) is 1. The summed E-state index contributed by atoms with van der Waals surface area (Å²) in [6.07, 6.45) is 1.95. The number of benzene rings is 1. The minimum atomic E-state index is -0.0407. The first kappa shape index (κ1) is 15.9. The molecule has 1 amide bonds. The van der Waals surface area contributed by atoms with E-state index in [1.807, 2.05) is 31.2 Å². The first-order valence-corrected chi connectivity index (χ1v) is 7.42. The largest absolute Gasteiger partial charge is 0.361 e. The lowest BCUT2D eigenvalue weighted by Gasteiger charge is -2.04. The average molecular weight is 300 g/mol. The molecule has 2 rings (SSSR count). The highest BCUT2D eigenvalue weighted by Crippen LogP contribution is 2.06. The number of nitrogens with zero attached hydrogens (tertiary/aromatic N) is 1. The van der Waals surface area contributed by atoms with Crippen molar-refractivity contribution >= 4 is 11.7 Å². The average Bonchev–Trinajstić information content (AvgIpc) is 2.93. The van der Waals surface area contributed by atoms with Gasteiger partial charge < -0.3 is 9.84 Å². The Kier molecular flexibility index (Phi) is 5.89. The molecule has 1 aromatic carbocycles. The van der Waals surface area contributed by atoms with Gasteiger partial charge in [0.25, 0.3) is 0 Å². The molecule has 0 aliphatic rings.